The quantitative estimate of drug-likeness (QED) is 0.580. The molecule has 1 fully saturated rings. The maximum absolute atomic E-state index is 5.02. The van der Waals surface area contributed by atoms with Crippen molar-refractivity contribution in [1.29, 1.82) is 0 Å². The van der Waals surface area contributed by atoms with Crippen molar-refractivity contribution in [2.24, 2.45) is 0 Å². The zero-order valence-corrected chi connectivity index (χ0v) is 5.87. The predicted molar refractivity (Wildman–Crippen MR) is 35.6 cm³/mol. The summed E-state index contributed by atoms with van der Waals surface area (Å²) in [5, 5.41) is 8.00. The smallest absolute Gasteiger partial charge is 0.155 e. The summed E-state index contributed by atoms with van der Waals surface area (Å²) in [4.78, 5) is 0. The van der Waals surface area contributed by atoms with Gasteiger partial charge in [0.15, 0.2) is 5.76 Å². The summed E-state index contributed by atoms with van der Waals surface area (Å²) in [5.41, 5.74) is 0.942. The third-order valence-electron chi connectivity index (χ3n) is 1.73. The lowest BCUT2D eigenvalue weighted by Gasteiger charge is -2.21. The summed E-state index contributed by atoms with van der Waals surface area (Å²) in [7, 11) is 0. The van der Waals surface area contributed by atoms with Crippen molar-refractivity contribution in [3.63, 3.8) is 0 Å². The van der Waals surface area contributed by atoms with E-state index in [1.165, 1.54) is 0 Å². The first-order chi connectivity index (χ1) is 4.86. The number of hydrogen-bond donors (Lipinski definition) is 0. The van der Waals surface area contributed by atoms with Crippen molar-refractivity contribution in [3.8, 4) is 0 Å². The molecule has 1 saturated heterocycles. The van der Waals surface area contributed by atoms with Gasteiger partial charge in [0, 0.05) is 12.6 Å². The Morgan fingerprint density at radius 1 is 1.70 bits per heavy atom. The molecule has 0 spiro atoms. The van der Waals surface area contributed by atoms with Crippen LogP contribution in [0.5, 0.6) is 0 Å². The summed E-state index contributed by atoms with van der Waals surface area (Å²) in [6, 6.07) is 2.26. The SMILES string of the molecule is Cc1cc(C2CC[N]2)on1. The van der Waals surface area contributed by atoms with Gasteiger partial charge in [-0.3, -0.25) is 0 Å². The van der Waals surface area contributed by atoms with E-state index in [0.29, 0.717) is 6.04 Å². The Hall–Kier alpha value is -0.830. The van der Waals surface area contributed by atoms with Gasteiger partial charge in [0.25, 0.3) is 0 Å². The van der Waals surface area contributed by atoms with Crippen LogP contribution in [-0.2, 0) is 0 Å². The highest BCUT2D eigenvalue weighted by molar-refractivity contribution is 5.09. The van der Waals surface area contributed by atoms with E-state index in [9.17, 15) is 0 Å². The highest BCUT2D eigenvalue weighted by Gasteiger charge is 2.23. The average Bonchev–Trinajstić information content (AvgIpc) is 2.10. The molecule has 0 amide bonds. The molecule has 0 aliphatic carbocycles. The van der Waals surface area contributed by atoms with Gasteiger partial charge in [0.2, 0.25) is 0 Å². The van der Waals surface area contributed by atoms with Crippen molar-refractivity contribution in [2.75, 3.05) is 6.54 Å². The van der Waals surface area contributed by atoms with Crippen LogP contribution in [0, 0.1) is 6.92 Å². The van der Waals surface area contributed by atoms with E-state index in [-0.39, 0.29) is 0 Å². The Kier molecular flexibility index (Phi) is 1.24. The molecule has 1 radical (unpaired) electrons. The Bertz CT molecular complexity index is 227. The fourth-order valence-electron chi connectivity index (χ4n) is 1.03. The number of aromatic nitrogens is 1. The van der Waals surface area contributed by atoms with Crippen LogP contribution in [0.1, 0.15) is 23.9 Å². The van der Waals surface area contributed by atoms with Gasteiger partial charge in [0.1, 0.15) is 0 Å². The monoisotopic (exact) mass is 137 g/mol. The third kappa shape index (κ3) is 0.827. The van der Waals surface area contributed by atoms with E-state index in [4.69, 9.17) is 4.52 Å². The summed E-state index contributed by atoms with van der Waals surface area (Å²) in [6.07, 6.45) is 1.12. The minimum Gasteiger partial charge on any atom is -0.359 e. The molecule has 3 nitrogen and oxygen atoms in total. The molecule has 1 aliphatic heterocycles. The molecular formula is C7H9N2O. The minimum absolute atomic E-state index is 0.307. The lowest BCUT2D eigenvalue weighted by atomic mass is 10.1. The molecule has 1 atom stereocenters. The molecule has 10 heavy (non-hydrogen) atoms. The van der Waals surface area contributed by atoms with Gasteiger partial charge in [-0.15, -0.1) is 0 Å². The second-order valence-corrected chi connectivity index (χ2v) is 2.58. The zero-order valence-electron chi connectivity index (χ0n) is 5.87. The summed E-state index contributed by atoms with van der Waals surface area (Å²) < 4.78 is 5.02. The van der Waals surface area contributed by atoms with Gasteiger partial charge in [-0.1, -0.05) is 5.16 Å². The summed E-state index contributed by atoms with van der Waals surface area (Å²) >= 11 is 0. The fraction of sp³-hybridized carbons (Fsp3) is 0.571. The van der Waals surface area contributed by atoms with Crippen molar-refractivity contribution < 1.29 is 4.52 Å². The Morgan fingerprint density at radius 2 is 2.50 bits per heavy atom. The van der Waals surface area contributed by atoms with Gasteiger partial charge in [-0.25, -0.2) is 5.32 Å². The van der Waals surface area contributed by atoms with Gasteiger partial charge < -0.3 is 4.52 Å². The second kappa shape index (κ2) is 2.09. The molecule has 1 aromatic heterocycles. The van der Waals surface area contributed by atoms with Crippen LogP contribution in [0.3, 0.4) is 0 Å². The molecule has 0 saturated carbocycles. The van der Waals surface area contributed by atoms with Crippen LogP contribution in [0.4, 0.5) is 0 Å². The molecule has 2 rings (SSSR count). The first-order valence-corrected chi connectivity index (χ1v) is 3.46. The molecule has 0 aromatic carbocycles. The van der Waals surface area contributed by atoms with E-state index in [0.717, 1.165) is 24.4 Å². The fourth-order valence-corrected chi connectivity index (χ4v) is 1.03. The first-order valence-electron chi connectivity index (χ1n) is 3.46. The predicted octanol–water partition coefficient (Wildman–Crippen LogP) is 1.03. The highest BCUT2D eigenvalue weighted by Crippen LogP contribution is 2.24. The molecule has 1 aromatic rings. The van der Waals surface area contributed by atoms with Crippen LogP contribution in [0.25, 0.3) is 0 Å². The largest absolute Gasteiger partial charge is 0.359 e. The molecule has 2 heterocycles. The maximum Gasteiger partial charge on any atom is 0.155 e. The van der Waals surface area contributed by atoms with Crippen LogP contribution in [-0.4, -0.2) is 11.7 Å². The molecule has 0 N–H and O–H groups in total. The van der Waals surface area contributed by atoms with Crippen molar-refractivity contribution in [2.45, 2.75) is 19.4 Å². The van der Waals surface area contributed by atoms with Gasteiger partial charge in [0.05, 0.1) is 11.7 Å². The molecule has 1 aliphatic rings. The van der Waals surface area contributed by atoms with Crippen LogP contribution in [0.15, 0.2) is 10.6 Å². The van der Waals surface area contributed by atoms with Gasteiger partial charge in [-0.2, -0.15) is 0 Å². The molecule has 0 bridgehead atoms. The normalized spacial score (nSPS) is 24.3. The number of rotatable bonds is 1. The zero-order chi connectivity index (χ0) is 6.97. The Morgan fingerprint density at radius 3 is 2.90 bits per heavy atom. The Balaban J connectivity index is 2.17. The first kappa shape index (κ1) is 5.92. The van der Waals surface area contributed by atoms with Gasteiger partial charge in [-0.05, 0) is 13.3 Å². The average molecular weight is 137 g/mol. The van der Waals surface area contributed by atoms with E-state index in [2.05, 4.69) is 10.5 Å². The lowest BCUT2D eigenvalue weighted by molar-refractivity contribution is 0.275. The molecule has 1 unspecified atom stereocenters. The molecule has 3 heteroatoms. The summed E-state index contributed by atoms with van der Waals surface area (Å²) in [5.74, 6) is 0.920. The van der Waals surface area contributed by atoms with Crippen LogP contribution in [0.2, 0.25) is 0 Å². The van der Waals surface area contributed by atoms with Crippen LogP contribution < -0.4 is 5.32 Å². The van der Waals surface area contributed by atoms with Crippen LogP contribution >= 0.6 is 0 Å². The topological polar surface area (TPSA) is 40.1 Å². The maximum atomic E-state index is 5.02. The van der Waals surface area contributed by atoms with E-state index < -0.39 is 0 Å². The van der Waals surface area contributed by atoms with Crippen molar-refractivity contribution >= 4 is 0 Å². The van der Waals surface area contributed by atoms with E-state index in [1.807, 2.05) is 13.0 Å². The minimum atomic E-state index is 0.307. The highest BCUT2D eigenvalue weighted by atomic mass is 16.5. The number of nitrogens with zero attached hydrogens (tertiary/aromatic N) is 2. The molecule has 53 valence electrons. The van der Waals surface area contributed by atoms with E-state index in [1.54, 1.807) is 0 Å². The number of aryl methyl sites for hydroxylation is 1. The molecular weight excluding hydrogens is 128 g/mol. The van der Waals surface area contributed by atoms with Crippen molar-refractivity contribution in [1.82, 2.24) is 10.5 Å². The second-order valence-electron chi connectivity index (χ2n) is 2.58. The number of hydrogen-bond acceptors (Lipinski definition) is 2. The van der Waals surface area contributed by atoms with Gasteiger partial charge >= 0.3 is 0 Å². The lowest BCUT2D eigenvalue weighted by Crippen LogP contribution is -2.27. The van der Waals surface area contributed by atoms with E-state index >= 15 is 0 Å². The summed E-state index contributed by atoms with van der Waals surface area (Å²) in [6.45, 7) is 2.90. The standard InChI is InChI=1S/C7H9N2O/c1-5-4-7(10-9-5)6-2-3-8-6/h4,6H,2-3H2,1H3. The Labute approximate surface area is 59.4 Å². The van der Waals surface area contributed by atoms with Crippen molar-refractivity contribution in [3.05, 3.63) is 17.5 Å². The third-order valence-corrected chi connectivity index (χ3v) is 1.73.